The molecule has 0 saturated heterocycles. The molecule has 0 spiro atoms. The van der Waals surface area contributed by atoms with Crippen LogP contribution in [0, 0.1) is 0 Å². The van der Waals surface area contributed by atoms with Crippen LogP contribution in [0.5, 0.6) is 0 Å². The fraction of sp³-hybridized carbons (Fsp3) is 0.600. The lowest BCUT2D eigenvalue weighted by atomic mass is 10.3. The minimum atomic E-state index is -0.108. The first kappa shape index (κ1) is 11.4. The van der Waals surface area contributed by atoms with Gasteiger partial charge in [0.05, 0.1) is 12.2 Å². The molecule has 2 rings (SSSR count). The molecule has 1 aliphatic heterocycles. The summed E-state index contributed by atoms with van der Waals surface area (Å²) in [5.41, 5.74) is 1.23. The van der Waals surface area contributed by atoms with Crippen molar-refractivity contribution in [3.05, 3.63) is 18.0 Å². The third kappa shape index (κ3) is 2.74. The zero-order chi connectivity index (χ0) is 11.4. The molecule has 0 bridgehead atoms. The number of fused-ring (bicyclic) bond motifs is 1. The van der Waals surface area contributed by atoms with E-state index in [1.54, 1.807) is 0 Å². The van der Waals surface area contributed by atoms with Gasteiger partial charge in [0.15, 0.2) is 0 Å². The second-order valence-electron chi connectivity index (χ2n) is 3.81. The number of halogens is 1. The van der Waals surface area contributed by atoms with Gasteiger partial charge in [-0.25, -0.2) is 0 Å². The number of amides is 1. The van der Waals surface area contributed by atoms with Crippen LogP contribution in [-0.2, 0) is 17.9 Å². The van der Waals surface area contributed by atoms with Gasteiger partial charge in [-0.05, 0) is 6.07 Å². The Labute approximate surface area is 99.4 Å². The number of carbonyl (C=O) groups is 1. The Morgan fingerprint density at radius 1 is 1.56 bits per heavy atom. The van der Waals surface area contributed by atoms with Gasteiger partial charge in [-0.1, -0.05) is 0 Å². The number of carbonyl (C=O) groups excluding carboxylic acids is 1. The molecular formula is C10H15ClN4O. The number of hydrogen-bond donors (Lipinski definition) is 1. The molecule has 0 radical (unpaired) electrons. The minimum Gasteiger partial charge on any atom is -0.354 e. The summed E-state index contributed by atoms with van der Waals surface area (Å²) in [6, 6.07) is 2.03. The summed E-state index contributed by atoms with van der Waals surface area (Å²) in [5.74, 6) is -0.0732. The molecule has 16 heavy (non-hydrogen) atoms. The number of alkyl halides is 1. The Balaban J connectivity index is 1.75. The maximum absolute atomic E-state index is 10.9. The molecule has 1 aliphatic rings. The summed E-state index contributed by atoms with van der Waals surface area (Å²) in [4.78, 5) is 13.2. The molecule has 0 aromatic carbocycles. The Morgan fingerprint density at radius 2 is 2.44 bits per heavy atom. The van der Waals surface area contributed by atoms with Gasteiger partial charge in [0.2, 0.25) is 5.91 Å². The average Bonchev–Trinajstić information content (AvgIpc) is 2.76. The van der Waals surface area contributed by atoms with E-state index < -0.39 is 0 Å². The van der Waals surface area contributed by atoms with Gasteiger partial charge in [0.1, 0.15) is 5.88 Å². The topological polar surface area (TPSA) is 50.2 Å². The fourth-order valence-corrected chi connectivity index (χ4v) is 1.93. The van der Waals surface area contributed by atoms with Crippen molar-refractivity contribution in [2.45, 2.75) is 13.1 Å². The molecule has 1 amide bonds. The quantitative estimate of drug-likeness (QED) is 0.760. The maximum atomic E-state index is 10.9. The standard InChI is InChI=1S/C10H15ClN4O/c11-7-10(16)12-3-4-14-5-6-15-9(8-14)1-2-13-15/h1-2H,3-8H2,(H,12,16). The molecule has 0 atom stereocenters. The highest BCUT2D eigenvalue weighted by Crippen LogP contribution is 2.09. The lowest BCUT2D eigenvalue weighted by molar-refractivity contribution is -0.118. The molecule has 2 heterocycles. The Morgan fingerprint density at radius 3 is 3.25 bits per heavy atom. The minimum absolute atomic E-state index is 0.0345. The van der Waals surface area contributed by atoms with E-state index in [0.717, 1.165) is 26.2 Å². The lowest BCUT2D eigenvalue weighted by Crippen LogP contribution is -2.39. The molecule has 6 heteroatoms. The largest absolute Gasteiger partial charge is 0.354 e. The molecule has 0 aliphatic carbocycles. The van der Waals surface area contributed by atoms with Gasteiger partial charge in [-0.2, -0.15) is 5.10 Å². The van der Waals surface area contributed by atoms with Crippen LogP contribution < -0.4 is 5.32 Å². The first-order valence-corrected chi connectivity index (χ1v) is 5.89. The highest BCUT2D eigenvalue weighted by atomic mass is 35.5. The SMILES string of the molecule is O=C(CCl)NCCN1CCn2nccc2C1. The van der Waals surface area contributed by atoms with E-state index in [9.17, 15) is 4.79 Å². The van der Waals surface area contributed by atoms with E-state index in [1.807, 2.05) is 16.9 Å². The zero-order valence-electron chi connectivity index (χ0n) is 9.03. The maximum Gasteiger partial charge on any atom is 0.234 e. The molecule has 0 unspecified atom stereocenters. The van der Waals surface area contributed by atoms with Crippen molar-refractivity contribution in [2.75, 3.05) is 25.5 Å². The third-order valence-electron chi connectivity index (χ3n) is 2.69. The van der Waals surface area contributed by atoms with E-state index in [2.05, 4.69) is 15.3 Å². The van der Waals surface area contributed by atoms with Gasteiger partial charge >= 0.3 is 0 Å². The smallest absolute Gasteiger partial charge is 0.234 e. The first-order chi connectivity index (χ1) is 7.79. The molecule has 0 fully saturated rings. The summed E-state index contributed by atoms with van der Waals surface area (Å²) in [6.45, 7) is 4.31. The van der Waals surface area contributed by atoms with Gasteiger partial charge in [0.25, 0.3) is 0 Å². The molecule has 1 aromatic rings. The highest BCUT2D eigenvalue weighted by Gasteiger charge is 2.15. The molecule has 1 N–H and O–H groups in total. The second-order valence-corrected chi connectivity index (χ2v) is 4.07. The van der Waals surface area contributed by atoms with Gasteiger partial charge < -0.3 is 5.32 Å². The van der Waals surface area contributed by atoms with Crippen molar-refractivity contribution in [2.24, 2.45) is 0 Å². The fourth-order valence-electron chi connectivity index (χ4n) is 1.83. The van der Waals surface area contributed by atoms with Crippen molar-refractivity contribution in [1.82, 2.24) is 20.0 Å². The van der Waals surface area contributed by atoms with Crippen molar-refractivity contribution in [1.29, 1.82) is 0 Å². The number of rotatable bonds is 4. The van der Waals surface area contributed by atoms with Gasteiger partial charge in [0, 0.05) is 32.4 Å². The van der Waals surface area contributed by atoms with Crippen molar-refractivity contribution < 1.29 is 4.79 Å². The predicted molar refractivity (Wildman–Crippen MR) is 61.2 cm³/mol. The van der Waals surface area contributed by atoms with Crippen molar-refractivity contribution in [3.63, 3.8) is 0 Å². The normalized spacial score (nSPS) is 15.8. The lowest BCUT2D eigenvalue weighted by Gasteiger charge is -2.27. The number of nitrogens with zero attached hydrogens (tertiary/aromatic N) is 3. The summed E-state index contributed by atoms with van der Waals surface area (Å²) in [6.07, 6.45) is 1.83. The van der Waals surface area contributed by atoms with Gasteiger partial charge in [-0.3, -0.25) is 14.4 Å². The van der Waals surface area contributed by atoms with Crippen LogP contribution in [0.3, 0.4) is 0 Å². The summed E-state index contributed by atoms with van der Waals surface area (Å²) < 4.78 is 2.02. The molecule has 0 saturated carbocycles. The summed E-state index contributed by atoms with van der Waals surface area (Å²) in [5, 5.41) is 6.98. The molecule has 5 nitrogen and oxygen atoms in total. The van der Waals surface area contributed by atoms with Gasteiger partial charge in [-0.15, -0.1) is 11.6 Å². The number of hydrogen-bond acceptors (Lipinski definition) is 3. The third-order valence-corrected chi connectivity index (χ3v) is 2.93. The van der Waals surface area contributed by atoms with Crippen LogP contribution in [-0.4, -0.2) is 46.1 Å². The zero-order valence-corrected chi connectivity index (χ0v) is 9.78. The number of nitrogens with one attached hydrogen (secondary N) is 1. The summed E-state index contributed by atoms with van der Waals surface area (Å²) >= 11 is 5.39. The van der Waals surface area contributed by atoms with Crippen molar-refractivity contribution >= 4 is 17.5 Å². The Hall–Kier alpha value is -1.07. The molecular weight excluding hydrogens is 228 g/mol. The van der Waals surface area contributed by atoms with Crippen LogP contribution in [0.1, 0.15) is 5.69 Å². The van der Waals surface area contributed by atoms with Crippen LogP contribution in [0.15, 0.2) is 12.3 Å². The van der Waals surface area contributed by atoms with E-state index in [0.29, 0.717) is 6.54 Å². The van der Waals surface area contributed by atoms with Crippen molar-refractivity contribution in [3.8, 4) is 0 Å². The highest BCUT2D eigenvalue weighted by molar-refractivity contribution is 6.27. The first-order valence-electron chi connectivity index (χ1n) is 5.35. The predicted octanol–water partition coefficient (Wildman–Crippen LogP) is 0.0537. The molecule has 1 aromatic heterocycles. The molecule has 88 valence electrons. The summed E-state index contributed by atoms with van der Waals surface area (Å²) in [7, 11) is 0. The van der Waals surface area contributed by atoms with E-state index >= 15 is 0 Å². The number of aromatic nitrogens is 2. The Kier molecular flexibility index (Phi) is 3.79. The Bertz CT molecular complexity index is 365. The average molecular weight is 243 g/mol. The van der Waals surface area contributed by atoms with E-state index in [4.69, 9.17) is 11.6 Å². The van der Waals surface area contributed by atoms with E-state index in [-0.39, 0.29) is 11.8 Å². The van der Waals surface area contributed by atoms with Crippen LogP contribution in [0.2, 0.25) is 0 Å². The van der Waals surface area contributed by atoms with Crippen LogP contribution >= 0.6 is 11.6 Å². The van der Waals surface area contributed by atoms with E-state index in [1.165, 1.54) is 5.69 Å². The van der Waals surface area contributed by atoms with Crippen LogP contribution in [0.4, 0.5) is 0 Å². The monoisotopic (exact) mass is 242 g/mol. The second kappa shape index (κ2) is 5.32. The van der Waals surface area contributed by atoms with Crippen LogP contribution in [0.25, 0.3) is 0 Å².